The largest absolute Gasteiger partial charge is 0.317 e. The first-order valence-corrected chi connectivity index (χ1v) is 8.52. The van der Waals surface area contributed by atoms with Crippen molar-refractivity contribution >= 4 is 44.6 Å². The summed E-state index contributed by atoms with van der Waals surface area (Å²) in [4.78, 5) is 29.1. The summed E-state index contributed by atoms with van der Waals surface area (Å²) in [6, 6.07) is 1.82. The molecule has 0 aliphatic rings. The first kappa shape index (κ1) is 16.6. The summed E-state index contributed by atoms with van der Waals surface area (Å²) < 4.78 is 0. The summed E-state index contributed by atoms with van der Waals surface area (Å²) in [5.41, 5.74) is 1.24. The molecule has 7 heteroatoms. The topological polar surface area (TPSA) is 71.1 Å². The number of rotatable bonds is 3. The summed E-state index contributed by atoms with van der Waals surface area (Å²) in [5, 5.41) is 8.77. The fourth-order valence-corrected chi connectivity index (χ4v) is 3.28. The maximum Gasteiger partial charge on any atom is 0.267 e. The van der Waals surface area contributed by atoms with Crippen molar-refractivity contribution < 1.29 is 9.59 Å². The monoisotopic (exact) mass is 337 g/mol. The zero-order valence-corrected chi connectivity index (χ0v) is 14.9. The van der Waals surface area contributed by atoms with Crippen molar-refractivity contribution in [2.24, 2.45) is 5.41 Å². The highest BCUT2D eigenvalue weighted by molar-refractivity contribution is 7.18. The van der Waals surface area contributed by atoms with Gasteiger partial charge in [-0.15, -0.1) is 22.7 Å². The van der Waals surface area contributed by atoms with Crippen LogP contribution in [0, 0.1) is 19.3 Å². The maximum atomic E-state index is 12.3. The molecular weight excluding hydrogens is 318 g/mol. The van der Waals surface area contributed by atoms with Crippen LogP contribution in [0.2, 0.25) is 0 Å². The van der Waals surface area contributed by atoms with Gasteiger partial charge < -0.3 is 5.32 Å². The minimum absolute atomic E-state index is 0.0729. The Bertz CT molecular complexity index is 711. The SMILES string of the molecule is Cc1csc(NC(=O)c2sc(NC(=O)C(C)(C)C)cc2C)n1. The highest BCUT2D eigenvalue weighted by Crippen LogP contribution is 2.29. The minimum atomic E-state index is -0.473. The molecule has 118 valence electrons. The van der Waals surface area contributed by atoms with E-state index in [1.807, 2.05) is 46.1 Å². The van der Waals surface area contributed by atoms with Crippen LogP contribution in [0.5, 0.6) is 0 Å². The summed E-state index contributed by atoms with van der Waals surface area (Å²) >= 11 is 2.66. The molecule has 0 saturated carbocycles. The van der Waals surface area contributed by atoms with Crippen LogP contribution < -0.4 is 10.6 Å². The Labute approximate surface area is 137 Å². The van der Waals surface area contributed by atoms with Gasteiger partial charge in [0.05, 0.1) is 15.6 Å². The van der Waals surface area contributed by atoms with Crippen molar-refractivity contribution in [2.75, 3.05) is 10.6 Å². The Balaban J connectivity index is 2.12. The van der Waals surface area contributed by atoms with Gasteiger partial charge in [-0.2, -0.15) is 0 Å². The van der Waals surface area contributed by atoms with E-state index < -0.39 is 5.41 Å². The zero-order chi connectivity index (χ0) is 16.5. The van der Waals surface area contributed by atoms with E-state index in [0.717, 1.165) is 11.3 Å². The van der Waals surface area contributed by atoms with Crippen molar-refractivity contribution in [3.8, 4) is 0 Å². The molecule has 2 aromatic rings. The Hall–Kier alpha value is -1.73. The number of amides is 2. The third-order valence-corrected chi connectivity index (χ3v) is 4.91. The van der Waals surface area contributed by atoms with E-state index in [2.05, 4.69) is 15.6 Å². The molecule has 0 aromatic carbocycles. The van der Waals surface area contributed by atoms with E-state index in [0.29, 0.717) is 15.0 Å². The predicted octanol–water partition coefficient (Wildman–Crippen LogP) is 4.06. The van der Waals surface area contributed by atoms with Crippen molar-refractivity contribution in [2.45, 2.75) is 34.6 Å². The molecule has 0 spiro atoms. The van der Waals surface area contributed by atoms with Crippen LogP contribution in [0.1, 0.15) is 41.7 Å². The molecule has 2 N–H and O–H groups in total. The molecule has 5 nitrogen and oxygen atoms in total. The van der Waals surface area contributed by atoms with Crippen LogP contribution in [0.4, 0.5) is 10.1 Å². The fraction of sp³-hybridized carbons (Fsp3) is 0.400. The number of aryl methyl sites for hydroxylation is 2. The Kier molecular flexibility index (Phi) is 4.67. The number of nitrogens with zero attached hydrogens (tertiary/aromatic N) is 1. The van der Waals surface area contributed by atoms with Crippen molar-refractivity contribution in [3.63, 3.8) is 0 Å². The molecule has 0 saturated heterocycles. The smallest absolute Gasteiger partial charge is 0.267 e. The van der Waals surface area contributed by atoms with Gasteiger partial charge in [-0.1, -0.05) is 20.8 Å². The first-order valence-electron chi connectivity index (χ1n) is 6.82. The van der Waals surface area contributed by atoms with Crippen LogP contribution in [0.15, 0.2) is 11.4 Å². The zero-order valence-electron chi connectivity index (χ0n) is 13.2. The Morgan fingerprint density at radius 2 is 1.86 bits per heavy atom. The molecule has 2 aromatic heterocycles. The van der Waals surface area contributed by atoms with Crippen molar-refractivity contribution in [1.29, 1.82) is 0 Å². The lowest BCUT2D eigenvalue weighted by molar-refractivity contribution is -0.123. The number of thiophene rings is 1. The third-order valence-electron chi connectivity index (χ3n) is 2.88. The standard InChI is InChI=1S/C15H19N3O2S2/c1-8-6-10(17-13(20)15(3,4)5)22-11(8)12(19)18-14-16-9(2)7-21-14/h6-7H,1-5H3,(H,17,20)(H,16,18,19). The highest BCUT2D eigenvalue weighted by atomic mass is 32.1. The lowest BCUT2D eigenvalue weighted by Gasteiger charge is -2.16. The number of hydrogen-bond donors (Lipinski definition) is 2. The van der Waals surface area contributed by atoms with Gasteiger partial charge in [0, 0.05) is 10.8 Å². The molecular formula is C15H19N3O2S2. The van der Waals surface area contributed by atoms with Crippen LogP contribution in [-0.2, 0) is 4.79 Å². The number of carbonyl (C=O) groups excluding carboxylic acids is 2. The average Bonchev–Trinajstić information content (AvgIpc) is 2.94. The second kappa shape index (κ2) is 6.18. The first-order chi connectivity index (χ1) is 10.2. The molecule has 0 aliphatic heterocycles. The molecule has 0 fully saturated rings. The van der Waals surface area contributed by atoms with Crippen LogP contribution in [-0.4, -0.2) is 16.8 Å². The molecule has 22 heavy (non-hydrogen) atoms. The lowest BCUT2D eigenvalue weighted by atomic mass is 9.96. The van der Waals surface area contributed by atoms with Crippen LogP contribution in [0.3, 0.4) is 0 Å². The van der Waals surface area contributed by atoms with Gasteiger partial charge in [0.1, 0.15) is 0 Å². The molecule has 0 aliphatic carbocycles. The molecule has 0 atom stereocenters. The second-order valence-electron chi connectivity index (χ2n) is 6.08. The van der Waals surface area contributed by atoms with E-state index in [-0.39, 0.29) is 11.8 Å². The second-order valence-corrected chi connectivity index (χ2v) is 7.99. The highest BCUT2D eigenvalue weighted by Gasteiger charge is 2.23. The average molecular weight is 337 g/mol. The van der Waals surface area contributed by atoms with Gasteiger partial charge >= 0.3 is 0 Å². The van der Waals surface area contributed by atoms with Gasteiger partial charge in [0.15, 0.2) is 5.13 Å². The van der Waals surface area contributed by atoms with Crippen LogP contribution >= 0.6 is 22.7 Å². The molecule has 2 amide bonds. The number of carbonyl (C=O) groups is 2. The Morgan fingerprint density at radius 3 is 2.41 bits per heavy atom. The van der Waals surface area contributed by atoms with Crippen molar-refractivity contribution in [1.82, 2.24) is 4.98 Å². The van der Waals surface area contributed by atoms with E-state index in [1.54, 1.807) is 0 Å². The number of anilines is 2. The summed E-state index contributed by atoms with van der Waals surface area (Å²) in [5.74, 6) is -0.274. The van der Waals surface area contributed by atoms with E-state index >= 15 is 0 Å². The third kappa shape index (κ3) is 3.92. The lowest BCUT2D eigenvalue weighted by Crippen LogP contribution is -2.27. The summed E-state index contributed by atoms with van der Waals surface area (Å²) in [6.45, 7) is 9.28. The molecule has 2 heterocycles. The molecule has 0 bridgehead atoms. The fourth-order valence-electron chi connectivity index (χ4n) is 1.63. The normalized spacial score (nSPS) is 11.3. The number of nitrogens with one attached hydrogen (secondary N) is 2. The molecule has 0 unspecified atom stereocenters. The molecule has 0 radical (unpaired) electrons. The Morgan fingerprint density at radius 1 is 1.18 bits per heavy atom. The number of aromatic nitrogens is 1. The van der Waals surface area contributed by atoms with E-state index in [1.165, 1.54) is 22.7 Å². The summed E-state index contributed by atoms with van der Waals surface area (Å²) in [6.07, 6.45) is 0. The molecule has 2 rings (SSSR count). The van der Waals surface area contributed by atoms with Gasteiger partial charge in [0.2, 0.25) is 5.91 Å². The number of hydrogen-bond acceptors (Lipinski definition) is 5. The summed E-state index contributed by atoms with van der Waals surface area (Å²) in [7, 11) is 0. The minimum Gasteiger partial charge on any atom is -0.317 e. The number of thiazole rings is 1. The van der Waals surface area contributed by atoms with Crippen LogP contribution in [0.25, 0.3) is 0 Å². The van der Waals surface area contributed by atoms with Gasteiger partial charge in [-0.25, -0.2) is 4.98 Å². The van der Waals surface area contributed by atoms with Gasteiger partial charge in [0.25, 0.3) is 5.91 Å². The van der Waals surface area contributed by atoms with Crippen molar-refractivity contribution in [3.05, 3.63) is 27.6 Å². The van der Waals surface area contributed by atoms with Gasteiger partial charge in [-0.05, 0) is 25.5 Å². The quantitative estimate of drug-likeness (QED) is 0.887. The maximum absolute atomic E-state index is 12.3. The van der Waals surface area contributed by atoms with Gasteiger partial charge in [-0.3, -0.25) is 14.9 Å². The van der Waals surface area contributed by atoms with E-state index in [9.17, 15) is 9.59 Å². The van der Waals surface area contributed by atoms with E-state index in [4.69, 9.17) is 0 Å². The predicted molar refractivity (Wildman–Crippen MR) is 91.9 cm³/mol.